The zero-order valence-electron chi connectivity index (χ0n) is 22.7. The molecule has 4 aromatic rings. The minimum absolute atomic E-state index is 0.178. The number of ether oxygens (including phenoxy) is 1. The summed E-state index contributed by atoms with van der Waals surface area (Å²) in [7, 11) is -2.39. The number of nitrogens with zero attached hydrogens (tertiary/aromatic N) is 4. The molecular formula is C26H27F3N6O5S2. The van der Waals surface area contributed by atoms with Crippen molar-refractivity contribution in [1.82, 2.24) is 25.3 Å². The molecule has 42 heavy (non-hydrogen) atoms. The van der Waals surface area contributed by atoms with Crippen LogP contribution in [0.5, 0.6) is 5.88 Å². The van der Waals surface area contributed by atoms with Crippen molar-refractivity contribution in [2.24, 2.45) is 0 Å². The van der Waals surface area contributed by atoms with Crippen LogP contribution in [0.1, 0.15) is 35.2 Å². The second-order valence-electron chi connectivity index (χ2n) is 9.31. The van der Waals surface area contributed by atoms with Gasteiger partial charge >= 0.3 is 12.1 Å². The molecule has 4 heterocycles. The summed E-state index contributed by atoms with van der Waals surface area (Å²) in [4.78, 5) is 26.6. The molecule has 16 heteroatoms. The minimum Gasteiger partial charge on any atom is -0.480 e. The average molecular weight is 625 g/mol. The summed E-state index contributed by atoms with van der Waals surface area (Å²) in [5.41, 5.74) is 4.31. The molecule has 0 amide bonds. The number of aromatic nitrogens is 4. The van der Waals surface area contributed by atoms with Gasteiger partial charge in [0, 0.05) is 23.1 Å². The van der Waals surface area contributed by atoms with E-state index in [1.165, 1.54) is 7.11 Å². The number of thiazole rings is 1. The molecule has 1 aliphatic rings. The number of aryl methyl sites for hydroxylation is 2. The topological polar surface area (TPSA) is 156 Å². The maximum atomic E-state index is 13.1. The van der Waals surface area contributed by atoms with Gasteiger partial charge in [-0.2, -0.15) is 13.2 Å². The van der Waals surface area contributed by atoms with Crippen LogP contribution in [-0.4, -0.2) is 65.8 Å². The summed E-state index contributed by atoms with van der Waals surface area (Å²) >= 11 is 1.13. The van der Waals surface area contributed by atoms with Gasteiger partial charge in [-0.15, -0.1) is 11.3 Å². The van der Waals surface area contributed by atoms with Crippen LogP contribution < -0.4 is 14.8 Å². The smallest absolute Gasteiger partial charge is 0.480 e. The van der Waals surface area contributed by atoms with E-state index in [-0.39, 0.29) is 15.8 Å². The fourth-order valence-electron chi connectivity index (χ4n) is 4.48. The standard InChI is InChI=1S/C24H26N6O3S2.C2HF3O2/c1-14-24(34-15(2)29-14)35(31,32)30-21-11-18(12-26-23(21)33-3)17-4-5-20-19(10-17)22(28-13-27-20)16-6-8-25-9-7-16;3-2(4,5)1(6)7/h4-5,10-13,16,25,30H,6-9H2,1-3H3;(H,6,7). The zero-order valence-corrected chi connectivity index (χ0v) is 24.3. The van der Waals surface area contributed by atoms with Gasteiger partial charge < -0.3 is 15.2 Å². The summed E-state index contributed by atoms with van der Waals surface area (Å²) in [5.74, 6) is -2.19. The first-order valence-electron chi connectivity index (χ1n) is 12.6. The van der Waals surface area contributed by atoms with Crippen molar-refractivity contribution in [3.05, 3.63) is 53.2 Å². The molecule has 1 aliphatic heterocycles. The number of anilines is 1. The normalized spacial score (nSPS) is 14.2. The zero-order chi connectivity index (χ0) is 30.7. The number of aliphatic carboxylic acids is 1. The third kappa shape index (κ3) is 7.11. The molecule has 3 aromatic heterocycles. The Labute approximate surface area is 243 Å². The Morgan fingerprint density at radius 3 is 2.40 bits per heavy atom. The van der Waals surface area contributed by atoms with Crippen molar-refractivity contribution < 1.29 is 36.2 Å². The molecule has 0 unspecified atom stereocenters. The molecule has 11 nitrogen and oxygen atoms in total. The van der Waals surface area contributed by atoms with Crippen LogP contribution in [0.25, 0.3) is 22.0 Å². The Morgan fingerprint density at radius 2 is 1.81 bits per heavy atom. The lowest BCUT2D eigenvalue weighted by molar-refractivity contribution is -0.192. The van der Waals surface area contributed by atoms with Crippen molar-refractivity contribution in [3.63, 3.8) is 0 Å². The van der Waals surface area contributed by atoms with Crippen LogP contribution in [0.3, 0.4) is 0 Å². The number of hydrogen-bond donors (Lipinski definition) is 3. The van der Waals surface area contributed by atoms with Crippen LogP contribution in [0.15, 0.2) is 41.0 Å². The molecule has 0 atom stereocenters. The fraction of sp³-hybridized carbons (Fsp3) is 0.346. The maximum Gasteiger partial charge on any atom is 0.490 e. The summed E-state index contributed by atoms with van der Waals surface area (Å²) in [5, 5.41) is 12.2. The summed E-state index contributed by atoms with van der Waals surface area (Å²) in [6.07, 6.45) is 0.282. The number of carbonyl (C=O) groups is 1. The second kappa shape index (κ2) is 12.5. The molecule has 0 spiro atoms. The molecule has 3 N–H and O–H groups in total. The molecule has 1 saturated heterocycles. The molecule has 0 aliphatic carbocycles. The van der Waals surface area contributed by atoms with Crippen molar-refractivity contribution >= 4 is 43.9 Å². The molecular weight excluding hydrogens is 597 g/mol. The molecule has 1 fully saturated rings. The van der Waals surface area contributed by atoms with E-state index in [4.69, 9.17) is 14.6 Å². The number of alkyl halides is 3. The first-order chi connectivity index (χ1) is 19.8. The number of sulfonamides is 1. The molecule has 224 valence electrons. The number of carboxylic acids is 1. The molecule has 0 radical (unpaired) electrons. The first-order valence-corrected chi connectivity index (χ1v) is 14.9. The van der Waals surface area contributed by atoms with E-state index in [1.54, 1.807) is 32.4 Å². The number of halogens is 3. The lowest BCUT2D eigenvalue weighted by atomic mass is 9.91. The van der Waals surface area contributed by atoms with Crippen LogP contribution in [0.2, 0.25) is 0 Å². The highest BCUT2D eigenvalue weighted by atomic mass is 32.2. The van der Waals surface area contributed by atoms with Gasteiger partial charge in [0.2, 0.25) is 5.88 Å². The highest BCUT2D eigenvalue weighted by Crippen LogP contribution is 2.35. The van der Waals surface area contributed by atoms with Crippen molar-refractivity contribution in [3.8, 4) is 17.0 Å². The van der Waals surface area contributed by atoms with Gasteiger partial charge in [-0.25, -0.2) is 33.1 Å². The Kier molecular flexibility index (Phi) is 9.27. The predicted molar refractivity (Wildman–Crippen MR) is 150 cm³/mol. The number of piperidine rings is 1. The third-order valence-electron chi connectivity index (χ3n) is 6.36. The number of fused-ring (bicyclic) bond motifs is 1. The van der Waals surface area contributed by atoms with Crippen LogP contribution in [-0.2, 0) is 14.8 Å². The highest BCUT2D eigenvalue weighted by molar-refractivity contribution is 7.94. The number of methoxy groups -OCH3 is 1. The Balaban J connectivity index is 0.000000517. The van der Waals surface area contributed by atoms with Gasteiger partial charge in [-0.1, -0.05) is 6.07 Å². The van der Waals surface area contributed by atoms with Crippen molar-refractivity contribution in [2.75, 3.05) is 24.9 Å². The number of hydrogen-bond acceptors (Lipinski definition) is 10. The Bertz CT molecular complexity index is 1710. The number of nitrogens with one attached hydrogen (secondary N) is 2. The lowest BCUT2D eigenvalue weighted by Crippen LogP contribution is -2.27. The van der Waals surface area contributed by atoms with Crippen molar-refractivity contribution in [1.29, 1.82) is 0 Å². The van der Waals surface area contributed by atoms with E-state index in [2.05, 4.69) is 36.0 Å². The first kappa shape index (κ1) is 31.1. The number of rotatable bonds is 6. The van der Waals surface area contributed by atoms with Gasteiger partial charge in [0.15, 0.2) is 4.21 Å². The van der Waals surface area contributed by atoms with Crippen LogP contribution >= 0.6 is 11.3 Å². The Morgan fingerprint density at radius 1 is 1.12 bits per heavy atom. The van der Waals surface area contributed by atoms with E-state index in [0.29, 0.717) is 16.6 Å². The lowest BCUT2D eigenvalue weighted by Gasteiger charge is -2.23. The molecule has 1 aromatic carbocycles. The van der Waals surface area contributed by atoms with Crippen LogP contribution in [0, 0.1) is 13.8 Å². The van der Waals surface area contributed by atoms with Gasteiger partial charge in [-0.05, 0) is 63.5 Å². The van der Waals surface area contributed by atoms with Crippen LogP contribution in [0.4, 0.5) is 18.9 Å². The molecule has 0 saturated carbocycles. The van der Waals surface area contributed by atoms with Gasteiger partial charge in [0.1, 0.15) is 12.0 Å². The third-order valence-corrected chi connectivity index (χ3v) is 9.41. The second-order valence-corrected chi connectivity index (χ2v) is 12.4. The number of benzene rings is 1. The SMILES string of the molecule is COc1ncc(-c2ccc3ncnc(C4CCNCC4)c3c2)cc1NS(=O)(=O)c1sc(C)nc1C.O=C(O)C(F)(F)F. The fourth-order valence-corrected chi connectivity index (χ4v) is 7.01. The average Bonchev–Trinajstić information content (AvgIpc) is 3.31. The summed E-state index contributed by atoms with van der Waals surface area (Å²) in [6.45, 7) is 5.41. The summed E-state index contributed by atoms with van der Waals surface area (Å²) < 4.78 is 66.1. The highest BCUT2D eigenvalue weighted by Gasteiger charge is 2.38. The molecule has 5 rings (SSSR count). The van der Waals surface area contributed by atoms with E-state index in [9.17, 15) is 21.6 Å². The number of pyridine rings is 1. The Hall–Kier alpha value is -3.89. The monoisotopic (exact) mass is 624 g/mol. The van der Waals surface area contributed by atoms with E-state index >= 15 is 0 Å². The summed E-state index contributed by atoms with van der Waals surface area (Å²) in [6, 6.07) is 7.72. The largest absolute Gasteiger partial charge is 0.490 e. The minimum atomic E-state index is -5.08. The van der Waals surface area contributed by atoms with E-state index < -0.39 is 22.2 Å². The van der Waals surface area contributed by atoms with Gasteiger partial charge in [0.25, 0.3) is 10.0 Å². The quantitative estimate of drug-likeness (QED) is 0.275. The van der Waals surface area contributed by atoms with Gasteiger partial charge in [-0.3, -0.25) is 4.72 Å². The molecule has 0 bridgehead atoms. The number of carboxylic acid groups (broad SMARTS) is 1. The van der Waals surface area contributed by atoms with Gasteiger partial charge in [0.05, 0.1) is 29.0 Å². The predicted octanol–water partition coefficient (Wildman–Crippen LogP) is 4.67. The van der Waals surface area contributed by atoms with E-state index in [0.717, 1.165) is 65.0 Å². The van der Waals surface area contributed by atoms with E-state index in [1.807, 2.05) is 12.1 Å². The van der Waals surface area contributed by atoms with Crippen molar-refractivity contribution in [2.45, 2.75) is 43.0 Å². The maximum absolute atomic E-state index is 13.1.